The van der Waals surface area contributed by atoms with Crippen LogP contribution in [0.25, 0.3) is 0 Å². The fourth-order valence-corrected chi connectivity index (χ4v) is 3.54. The van der Waals surface area contributed by atoms with Gasteiger partial charge in [-0.05, 0) is 58.8 Å². The lowest BCUT2D eigenvalue weighted by Gasteiger charge is -2.31. The Labute approximate surface area is 115 Å². The fourth-order valence-electron chi connectivity index (χ4n) is 2.63. The van der Waals surface area contributed by atoms with Crippen molar-refractivity contribution in [3.05, 3.63) is 15.6 Å². The number of aryl methyl sites for hydroxylation is 2. The Morgan fingerprint density at radius 3 is 2.61 bits per heavy atom. The van der Waals surface area contributed by atoms with Crippen molar-refractivity contribution < 1.29 is 0 Å². The van der Waals surface area contributed by atoms with Crippen LogP contribution in [-0.2, 0) is 6.54 Å². The zero-order valence-electron chi connectivity index (χ0n) is 11.8. The Balaban J connectivity index is 1.68. The number of aromatic nitrogens is 1. The van der Waals surface area contributed by atoms with Crippen LogP contribution < -0.4 is 5.32 Å². The highest BCUT2D eigenvalue weighted by Crippen LogP contribution is 2.18. The van der Waals surface area contributed by atoms with E-state index in [0.717, 1.165) is 19.0 Å². The highest BCUT2D eigenvalue weighted by Gasteiger charge is 2.17. The van der Waals surface area contributed by atoms with Gasteiger partial charge in [-0.2, -0.15) is 0 Å². The van der Waals surface area contributed by atoms with Gasteiger partial charge in [0.1, 0.15) is 0 Å². The largest absolute Gasteiger partial charge is 0.312 e. The number of nitrogens with one attached hydrogen (secondary N) is 1. The first-order valence-electron chi connectivity index (χ1n) is 7.05. The zero-order valence-corrected chi connectivity index (χ0v) is 12.6. The van der Waals surface area contributed by atoms with Crippen LogP contribution in [-0.4, -0.2) is 36.1 Å². The molecule has 0 unspecified atom stereocenters. The molecule has 1 aromatic heterocycles. The highest BCUT2D eigenvalue weighted by atomic mass is 32.1. The molecule has 1 saturated heterocycles. The number of likely N-dealkylation sites (tertiary alicyclic amines) is 1. The zero-order chi connectivity index (χ0) is 13.0. The van der Waals surface area contributed by atoms with Crippen molar-refractivity contribution in [3.8, 4) is 0 Å². The second-order valence-corrected chi connectivity index (χ2v) is 6.54. The van der Waals surface area contributed by atoms with Crippen LogP contribution in [0.15, 0.2) is 0 Å². The topological polar surface area (TPSA) is 28.2 Å². The Morgan fingerprint density at radius 1 is 1.33 bits per heavy atom. The lowest BCUT2D eigenvalue weighted by atomic mass is 9.97. The van der Waals surface area contributed by atoms with Gasteiger partial charge in [-0.15, -0.1) is 11.3 Å². The SMILES string of the molecule is CCN1CCC(CNCc2sc(C)nc2C)CC1. The summed E-state index contributed by atoms with van der Waals surface area (Å²) >= 11 is 1.82. The summed E-state index contributed by atoms with van der Waals surface area (Å²) in [4.78, 5) is 8.42. The molecule has 1 aliphatic heterocycles. The molecule has 0 atom stereocenters. The predicted octanol–water partition coefficient (Wildman–Crippen LogP) is 2.58. The van der Waals surface area contributed by atoms with E-state index in [2.05, 4.69) is 36.0 Å². The number of hydrogen-bond donors (Lipinski definition) is 1. The summed E-state index contributed by atoms with van der Waals surface area (Å²) in [6.45, 7) is 12.4. The first-order chi connectivity index (χ1) is 8.69. The highest BCUT2D eigenvalue weighted by molar-refractivity contribution is 7.11. The van der Waals surface area contributed by atoms with Crippen LogP contribution >= 0.6 is 11.3 Å². The van der Waals surface area contributed by atoms with E-state index in [4.69, 9.17) is 0 Å². The third-order valence-electron chi connectivity index (χ3n) is 3.87. The number of rotatable bonds is 5. The lowest BCUT2D eigenvalue weighted by molar-refractivity contribution is 0.190. The second kappa shape index (κ2) is 6.64. The molecule has 1 aromatic rings. The summed E-state index contributed by atoms with van der Waals surface area (Å²) in [7, 11) is 0. The molecule has 3 nitrogen and oxygen atoms in total. The molecular formula is C14H25N3S. The molecule has 18 heavy (non-hydrogen) atoms. The van der Waals surface area contributed by atoms with Gasteiger partial charge in [-0.3, -0.25) is 0 Å². The van der Waals surface area contributed by atoms with Crippen LogP contribution in [0, 0.1) is 19.8 Å². The van der Waals surface area contributed by atoms with E-state index in [1.807, 2.05) is 11.3 Å². The van der Waals surface area contributed by atoms with Gasteiger partial charge in [-0.1, -0.05) is 6.92 Å². The smallest absolute Gasteiger partial charge is 0.0900 e. The Bertz CT molecular complexity index is 367. The minimum absolute atomic E-state index is 0.863. The molecule has 2 rings (SSSR count). The van der Waals surface area contributed by atoms with Gasteiger partial charge in [0.2, 0.25) is 0 Å². The van der Waals surface area contributed by atoms with Crippen molar-refractivity contribution in [1.82, 2.24) is 15.2 Å². The molecule has 0 radical (unpaired) electrons. The molecular weight excluding hydrogens is 242 g/mol. The molecule has 1 N–H and O–H groups in total. The molecule has 0 bridgehead atoms. The molecule has 1 fully saturated rings. The minimum Gasteiger partial charge on any atom is -0.312 e. The molecule has 0 aliphatic carbocycles. The Hall–Kier alpha value is -0.450. The second-order valence-electron chi connectivity index (χ2n) is 5.25. The van der Waals surface area contributed by atoms with Crippen LogP contribution in [0.5, 0.6) is 0 Å². The monoisotopic (exact) mass is 267 g/mol. The van der Waals surface area contributed by atoms with Gasteiger partial charge < -0.3 is 10.2 Å². The quantitative estimate of drug-likeness (QED) is 0.889. The maximum Gasteiger partial charge on any atom is 0.0900 e. The van der Waals surface area contributed by atoms with Gasteiger partial charge >= 0.3 is 0 Å². The van der Waals surface area contributed by atoms with E-state index in [1.54, 1.807) is 0 Å². The normalized spacial score (nSPS) is 18.4. The summed E-state index contributed by atoms with van der Waals surface area (Å²) < 4.78 is 0. The van der Waals surface area contributed by atoms with Crippen molar-refractivity contribution in [2.45, 2.75) is 40.2 Å². The van der Waals surface area contributed by atoms with Crippen molar-refractivity contribution in [3.63, 3.8) is 0 Å². The summed E-state index contributed by atoms with van der Waals surface area (Å²) in [5, 5.41) is 4.79. The molecule has 0 saturated carbocycles. The van der Waals surface area contributed by atoms with E-state index in [9.17, 15) is 0 Å². The van der Waals surface area contributed by atoms with Gasteiger partial charge in [0.05, 0.1) is 10.7 Å². The minimum atomic E-state index is 0.863. The Morgan fingerprint density at radius 2 is 2.06 bits per heavy atom. The molecule has 1 aliphatic rings. The van der Waals surface area contributed by atoms with Crippen LogP contribution in [0.3, 0.4) is 0 Å². The Kier molecular flexibility index (Phi) is 5.15. The lowest BCUT2D eigenvalue weighted by Crippen LogP contribution is -2.36. The van der Waals surface area contributed by atoms with Crippen molar-refractivity contribution in [1.29, 1.82) is 0 Å². The van der Waals surface area contributed by atoms with Crippen LogP contribution in [0.2, 0.25) is 0 Å². The van der Waals surface area contributed by atoms with E-state index < -0.39 is 0 Å². The van der Waals surface area contributed by atoms with Crippen molar-refractivity contribution in [2.24, 2.45) is 5.92 Å². The number of thiazole rings is 1. The summed E-state index contributed by atoms with van der Waals surface area (Å²) in [5.74, 6) is 0.863. The van der Waals surface area contributed by atoms with Crippen molar-refractivity contribution in [2.75, 3.05) is 26.2 Å². The number of hydrogen-bond acceptors (Lipinski definition) is 4. The van der Waals surface area contributed by atoms with E-state index in [-0.39, 0.29) is 0 Å². The third-order valence-corrected chi connectivity index (χ3v) is 4.95. The molecule has 0 aromatic carbocycles. The molecule has 2 heterocycles. The van der Waals surface area contributed by atoms with Gasteiger partial charge in [0.15, 0.2) is 0 Å². The fraction of sp³-hybridized carbons (Fsp3) is 0.786. The average molecular weight is 267 g/mol. The summed E-state index contributed by atoms with van der Waals surface area (Å²) in [5.41, 5.74) is 1.20. The predicted molar refractivity (Wildman–Crippen MR) is 78.1 cm³/mol. The van der Waals surface area contributed by atoms with Gasteiger partial charge in [0.25, 0.3) is 0 Å². The number of nitrogens with zero attached hydrogens (tertiary/aromatic N) is 2. The maximum atomic E-state index is 4.47. The third kappa shape index (κ3) is 3.77. The number of piperidine rings is 1. The van der Waals surface area contributed by atoms with Crippen molar-refractivity contribution >= 4 is 11.3 Å². The summed E-state index contributed by atoms with van der Waals surface area (Å²) in [6, 6.07) is 0. The molecule has 4 heteroatoms. The van der Waals surface area contributed by atoms with E-state index in [1.165, 1.54) is 48.1 Å². The van der Waals surface area contributed by atoms with Crippen LogP contribution in [0.4, 0.5) is 0 Å². The standard InChI is InChI=1S/C14H25N3S/c1-4-17-7-5-13(6-8-17)9-15-10-14-11(2)16-12(3)18-14/h13,15H,4-10H2,1-3H3. The van der Waals surface area contributed by atoms with E-state index >= 15 is 0 Å². The molecule has 102 valence electrons. The van der Waals surface area contributed by atoms with E-state index in [0.29, 0.717) is 0 Å². The molecule has 0 amide bonds. The van der Waals surface area contributed by atoms with Crippen LogP contribution in [0.1, 0.15) is 35.3 Å². The summed E-state index contributed by atoms with van der Waals surface area (Å²) in [6.07, 6.45) is 2.70. The average Bonchev–Trinajstić information content (AvgIpc) is 2.69. The van der Waals surface area contributed by atoms with Gasteiger partial charge in [0, 0.05) is 11.4 Å². The maximum absolute atomic E-state index is 4.47. The first-order valence-corrected chi connectivity index (χ1v) is 7.86. The first kappa shape index (κ1) is 14.0. The molecule has 0 spiro atoms. The van der Waals surface area contributed by atoms with Gasteiger partial charge in [-0.25, -0.2) is 4.98 Å².